The average Bonchev–Trinajstić information content (AvgIpc) is 3.09. The highest BCUT2D eigenvalue weighted by molar-refractivity contribution is 6.34. The van der Waals surface area contributed by atoms with Crippen molar-refractivity contribution in [2.45, 2.75) is 6.42 Å². The largest absolute Gasteiger partial charge is 0.497 e. The van der Waals surface area contributed by atoms with Gasteiger partial charge in [0.15, 0.2) is 0 Å². The third-order valence-corrected chi connectivity index (χ3v) is 4.04. The van der Waals surface area contributed by atoms with Gasteiger partial charge in [0, 0.05) is 36.6 Å². The van der Waals surface area contributed by atoms with Crippen molar-refractivity contribution in [2.24, 2.45) is 0 Å². The van der Waals surface area contributed by atoms with Crippen molar-refractivity contribution < 1.29 is 19.1 Å². The van der Waals surface area contributed by atoms with Crippen LogP contribution in [-0.4, -0.2) is 30.2 Å². The molecule has 2 aromatic rings. The van der Waals surface area contributed by atoms with E-state index in [4.69, 9.17) is 9.47 Å². The molecule has 0 bridgehead atoms. The highest BCUT2D eigenvalue weighted by Crippen LogP contribution is 2.35. The fraction of sp³-hybridized carbons (Fsp3) is 0.176. The standard InChI is InChI=1S/C17H14N2O4/c1-22-11-2-3-12-14(16(20)18-15(12)6-11)9-19-7-10-4-5-23-17(21)13(10)8-19/h2-3,6-9H,4-5H2,1H3,(H,18,20). The predicted octanol–water partition coefficient (Wildman–Crippen LogP) is 2.16. The zero-order valence-corrected chi connectivity index (χ0v) is 12.5. The highest BCUT2D eigenvalue weighted by atomic mass is 16.5. The summed E-state index contributed by atoms with van der Waals surface area (Å²) in [6, 6.07) is 5.44. The third-order valence-electron chi connectivity index (χ3n) is 4.04. The van der Waals surface area contributed by atoms with E-state index >= 15 is 0 Å². The van der Waals surface area contributed by atoms with Crippen LogP contribution in [-0.2, 0) is 16.0 Å². The molecule has 6 nitrogen and oxygen atoms in total. The summed E-state index contributed by atoms with van der Waals surface area (Å²) >= 11 is 0. The Labute approximate surface area is 132 Å². The number of benzene rings is 1. The molecule has 4 rings (SSSR count). The lowest BCUT2D eigenvalue weighted by Gasteiger charge is -2.09. The Morgan fingerprint density at radius 3 is 2.91 bits per heavy atom. The smallest absolute Gasteiger partial charge is 0.339 e. The number of esters is 1. The summed E-state index contributed by atoms with van der Waals surface area (Å²) in [4.78, 5) is 23.9. The first kappa shape index (κ1) is 13.6. The Morgan fingerprint density at radius 2 is 2.13 bits per heavy atom. The monoisotopic (exact) mass is 310 g/mol. The van der Waals surface area contributed by atoms with Crippen molar-refractivity contribution in [1.82, 2.24) is 4.57 Å². The van der Waals surface area contributed by atoms with Crippen LogP contribution in [0.1, 0.15) is 21.5 Å². The lowest BCUT2D eigenvalue weighted by molar-refractivity contribution is -0.110. The summed E-state index contributed by atoms with van der Waals surface area (Å²) in [6.45, 7) is 0.398. The SMILES string of the molecule is COc1ccc2c(c1)NC(=O)C2=Cn1cc2c(c1)C(=O)OCC2. The second kappa shape index (κ2) is 5.01. The van der Waals surface area contributed by atoms with Gasteiger partial charge in [-0.1, -0.05) is 0 Å². The number of hydrogen-bond acceptors (Lipinski definition) is 4. The summed E-state index contributed by atoms with van der Waals surface area (Å²) in [5, 5.41) is 2.82. The van der Waals surface area contributed by atoms with E-state index in [2.05, 4.69) is 5.32 Å². The molecule has 116 valence electrons. The minimum Gasteiger partial charge on any atom is -0.497 e. The quantitative estimate of drug-likeness (QED) is 0.682. The Balaban J connectivity index is 1.75. The number of rotatable bonds is 2. The van der Waals surface area contributed by atoms with Crippen molar-refractivity contribution >= 4 is 29.3 Å². The number of nitrogens with zero attached hydrogens (tertiary/aromatic N) is 1. The lowest BCUT2D eigenvalue weighted by atomic mass is 10.1. The molecular formula is C17H14N2O4. The van der Waals surface area contributed by atoms with Gasteiger partial charge in [0.25, 0.3) is 5.91 Å². The molecular weight excluding hydrogens is 296 g/mol. The van der Waals surface area contributed by atoms with Gasteiger partial charge in [-0.25, -0.2) is 4.79 Å². The van der Waals surface area contributed by atoms with Gasteiger partial charge in [-0.05, 0) is 17.7 Å². The van der Waals surface area contributed by atoms with Gasteiger partial charge < -0.3 is 19.4 Å². The van der Waals surface area contributed by atoms with Crippen LogP contribution in [0.5, 0.6) is 5.75 Å². The van der Waals surface area contributed by atoms with Gasteiger partial charge in [0.05, 0.1) is 30.5 Å². The fourth-order valence-corrected chi connectivity index (χ4v) is 2.89. The molecule has 1 aromatic heterocycles. The summed E-state index contributed by atoms with van der Waals surface area (Å²) in [5.74, 6) is 0.191. The van der Waals surface area contributed by atoms with Crippen LogP contribution >= 0.6 is 0 Å². The molecule has 0 unspecified atom stereocenters. The first-order valence-electron chi connectivity index (χ1n) is 7.25. The number of ether oxygens (including phenoxy) is 2. The van der Waals surface area contributed by atoms with Crippen molar-refractivity contribution in [3.05, 3.63) is 47.3 Å². The van der Waals surface area contributed by atoms with E-state index < -0.39 is 0 Å². The number of carbonyl (C=O) groups excluding carboxylic acids is 2. The van der Waals surface area contributed by atoms with E-state index in [0.29, 0.717) is 29.9 Å². The zero-order chi connectivity index (χ0) is 16.0. The third kappa shape index (κ3) is 2.19. The molecule has 23 heavy (non-hydrogen) atoms. The predicted molar refractivity (Wildman–Crippen MR) is 84.2 cm³/mol. The van der Waals surface area contributed by atoms with Crippen LogP contribution in [0.2, 0.25) is 0 Å². The molecule has 0 radical (unpaired) electrons. The minimum atomic E-state index is -0.315. The first-order valence-corrected chi connectivity index (χ1v) is 7.25. The summed E-state index contributed by atoms with van der Waals surface area (Å²) in [7, 11) is 1.58. The number of nitrogens with one attached hydrogen (secondary N) is 1. The number of cyclic esters (lactones) is 1. The Kier molecular flexibility index (Phi) is 2.97. The van der Waals surface area contributed by atoms with Crippen LogP contribution < -0.4 is 10.1 Å². The van der Waals surface area contributed by atoms with E-state index in [1.165, 1.54) is 0 Å². The number of hydrogen-bond donors (Lipinski definition) is 1. The van der Waals surface area contributed by atoms with Crippen LogP contribution in [0.3, 0.4) is 0 Å². The van der Waals surface area contributed by atoms with E-state index in [0.717, 1.165) is 16.8 Å². The average molecular weight is 310 g/mol. The number of anilines is 1. The van der Waals surface area contributed by atoms with Crippen LogP contribution in [0, 0.1) is 0 Å². The topological polar surface area (TPSA) is 69.6 Å². The summed E-state index contributed by atoms with van der Waals surface area (Å²) in [6.07, 6.45) is 5.96. The number of methoxy groups -OCH3 is 1. The molecule has 2 aliphatic heterocycles. The molecule has 6 heteroatoms. The maximum atomic E-state index is 12.2. The molecule has 0 aliphatic carbocycles. The fourth-order valence-electron chi connectivity index (χ4n) is 2.89. The molecule has 3 heterocycles. The molecule has 1 amide bonds. The van der Waals surface area contributed by atoms with E-state index in [-0.39, 0.29) is 11.9 Å². The molecule has 2 aliphatic rings. The normalized spacial score (nSPS) is 17.5. The van der Waals surface area contributed by atoms with Gasteiger partial charge in [0.2, 0.25) is 0 Å². The molecule has 0 saturated heterocycles. The first-order chi connectivity index (χ1) is 11.2. The molecule has 0 spiro atoms. The molecule has 1 N–H and O–H groups in total. The second-order valence-electron chi connectivity index (χ2n) is 5.44. The summed E-state index contributed by atoms with van der Waals surface area (Å²) in [5.41, 5.74) is 3.57. The van der Waals surface area contributed by atoms with Crippen LogP contribution in [0.25, 0.3) is 11.8 Å². The molecule has 1 aromatic carbocycles. The Morgan fingerprint density at radius 1 is 1.26 bits per heavy atom. The Bertz CT molecular complexity index is 863. The second-order valence-corrected chi connectivity index (χ2v) is 5.44. The lowest BCUT2D eigenvalue weighted by Crippen LogP contribution is -2.15. The van der Waals surface area contributed by atoms with Gasteiger partial charge in [-0.15, -0.1) is 0 Å². The zero-order valence-electron chi connectivity index (χ0n) is 12.5. The molecule has 0 fully saturated rings. The molecule has 0 atom stereocenters. The number of carbonyl (C=O) groups is 2. The highest BCUT2D eigenvalue weighted by Gasteiger charge is 2.26. The Hall–Kier alpha value is -3.02. The summed E-state index contributed by atoms with van der Waals surface area (Å²) < 4.78 is 11.9. The minimum absolute atomic E-state index is 0.178. The van der Waals surface area contributed by atoms with Crippen molar-refractivity contribution in [3.63, 3.8) is 0 Å². The van der Waals surface area contributed by atoms with E-state index in [1.54, 1.807) is 30.1 Å². The van der Waals surface area contributed by atoms with Gasteiger partial charge >= 0.3 is 5.97 Å². The van der Waals surface area contributed by atoms with Crippen LogP contribution in [0.15, 0.2) is 30.6 Å². The number of fused-ring (bicyclic) bond motifs is 2. The van der Waals surface area contributed by atoms with Gasteiger partial charge in [-0.2, -0.15) is 0 Å². The van der Waals surface area contributed by atoms with Gasteiger partial charge in [-0.3, -0.25) is 4.79 Å². The van der Waals surface area contributed by atoms with Crippen molar-refractivity contribution in [2.75, 3.05) is 19.0 Å². The number of aromatic nitrogens is 1. The van der Waals surface area contributed by atoms with Crippen LogP contribution in [0.4, 0.5) is 5.69 Å². The molecule has 0 saturated carbocycles. The van der Waals surface area contributed by atoms with Crippen molar-refractivity contribution in [3.8, 4) is 5.75 Å². The van der Waals surface area contributed by atoms with E-state index in [9.17, 15) is 9.59 Å². The van der Waals surface area contributed by atoms with E-state index in [1.807, 2.05) is 18.3 Å². The van der Waals surface area contributed by atoms with Gasteiger partial charge in [0.1, 0.15) is 5.75 Å². The van der Waals surface area contributed by atoms with Crippen molar-refractivity contribution in [1.29, 1.82) is 0 Å². The maximum Gasteiger partial charge on any atom is 0.339 e. The maximum absolute atomic E-state index is 12.2. The number of amides is 1.